The van der Waals surface area contributed by atoms with E-state index in [2.05, 4.69) is 14.7 Å². The fourth-order valence-corrected chi connectivity index (χ4v) is 2.46. The van der Waals surface area contributed by atoms with E-state index in [0.717, 1.165) is 16.1 Å². The number of para-hydroxylation sites is 2. The van der Waals surface area contributed by atoms with E-state index in [0.29, 0.717) is 6.42 Å². The van der Waals surface area contributed by atoms with Gasteiger partial charge >= 0.3 is 5.97 Å². The van der Waals surface area contributed by atoms with Gasteiger partial charge in [0.1, 0.15) is 5.03 Å². The summed E-state index contributed by atoms with van der Waals surface area (Å²) in [5.41, 5.74) is 1.75. The second kappa shape index (κ2) is 5.82. The summed E-state index contributed by atoms with van der Waals surface area (Å²) in [7, 11) is 1.40. The Morgan fingerprint density at radius 3 is 2.83 bits per heavy atom. The molecule has 4 nitrogen and oxygen atoms in total. The van der Waals surface area contributed by atoms with Crippen molar-refractivity contribution in [1.82, 2.24) is 9.97 Å². The van der Waals surface area contributed by atoms with Gasteiger partial charge in [-0.15, -0.1) is 11.8 Å². The third-order valence-corrected chi connectivity index (χ3v) is 3.44. The van der Waals surface area contributed by atoms with Crippen LogP contribution < -0.4 is 0 Å². The average molecular weight is 262 g/mol. The minimum Gasteiger partial charge on any atom is -0.469 e. The van der Waals surface area contributed by atoms with Crippen molar-refractivity contribution in [2.45, 2.75) is 23.6 Å². The van der Waals surface area contributed by atoms with Crippen LogP contribution in [0.25, 0.3) is 11.0 Å². The van der Waals surface area contributed by atoms with Gasteiger partial charge in [-0.25, -0.2) is 4.98 Å². The van der Waals surface area contributed by atoms with Gasteiger partial charge in [-0.2, -0.15) is 0 Å². The number of ether oxygens (including phenoxy) is 1. The van der Waals surface area contributed by atoms with E-state index in [1.807, 2.05) is 31.2 Å². The highest BCUT2D eigenvalue weighted by atomic mass is 32.2. The molecule has 0 unspecified atom stereocenters. The number of carbonyl (C=O) groups is 1. The van der Waals surface area contributed by atoms with Gasteiger partial charge in [0.05, 0.1) is 30.8 Å². The molecule has 0 aliphatic heterocycles. The number of carbonyl (C=O) groups excluding carboxylic acids is 1. The van der Waals surface area contributed by atoms with Crippen LogP contribution in [0, 0.1) is 0 Å². The molecule has 0 saturated carbocycles. The van der Waals surface area contributed by atoms with E-state index in [9.17, 15) is 4.79 Å². The second-order valence-corrected chi connectivity index (χ2v) is 5.36. The van der Waals surface area contributed by atoms with Crippen molar-refractivity contribution in [3.8, 4) is 0 Å². The number of methoxy groups -OCH3 is 1. The van der Waals surface area contributed by atoms with Crippen LogP contribution in [0.5, 0.6) is 0 Å². The quantitative estimate of drug-likeness (QED) is 0.626. The summed E-state index contributed by atoms with van der Waals surface area (Å²) < 4.78 is 4.64. The Bertz CT molecular complexity index is 559. The number of rotatable bonds is 4. The first-order chi connectivity index (χ1) is 8.69. The Kier molecular flexibility index (Phi) is 4.15. The maximum atomic E-state index is 11.2. The fraction of sp³-hybridized carbons (Fsp3) is 0.308. The molecule has 2 rings (SSSR count). The molecule has 0 aliphatic carbocycles. The largest absolute Gasteiger partial charge is 0.469 e. The lowest BCUT2D eigenvalue weighted by molar-refractivity contribution is -0.140. The van der Waals surface area contributed by atoms with Crippen LogP contribution in [0.1, 0.15) is 13.3 Å². The molecule has 94 valence electrons. The summed E-state index contributed by atoms with van der Waals surface area (Å²) in [5.74, 6) is -0.205. The molecule has 1 aromatic heterocycles. The van der Waals surface area contributed by atoms with Crippen LogP contribution in [0.4, 0.5) is 0 Å². The summed E-state index contributed by atoms with van der Waals surface area (Å²) in [5, 5.41) is 0.943. The Labute approximate surface area is 110 Å². The van der Waals surface area contributed by atoms with Crippen molar-refractivity contribution in [3.05, 3.63) is 30.5 Å². The number of thioether (sulfide) groups is 1. The van der Waals surface area contributed by atoms with Crippen LogP contribution in [-0.2, 0) is 9.53 Å². The van der Waals surface area contributed by atoms with Crippen LogP contribution in [0.2, 0.25) is 0 Å². The Morgan fingerprint density at radius 2 is 2.11 bits per heavy atom. The van der Waals surface area contributed by atoms with Crippen molar-refractivity contribution >= 4 is 28.8 Å². The van der Waals surface area contributed by atoms with E-state index >= 15 is 0 Å². The topological polar surface area (TPSA) is 52.1 Å². The SMILES string of the molecule is COC(=O)C[C@@H](C)Sc1cnc2ccccc2n1. The molecule has 0 amide bonds. The number of hydrogen-bond acceptors (Lipinski definition) is 5. The van der Waals surface area contributed by atoms with Gasteiger partial charge in [0.15, 0.2) is 0 Å². The third-order valence-electron chi connectivity index (χ3n) is 2.43. The highest BCUT2D eigenvalue weighted by Crippen LogP contribution is 2.24. The summed E-state index contributed by atoms with van der Waals surface area (Å²) in [6, 6.07) is 7.72. The minimum absolute atomic E-state index is 0.118. The zero-order valence-electron chi connectivity index (χ0n) is 10.3. The fourth-order valence-electron chi connectivity index (χ4n) is 1.56. The first-order valence-electron chi connectivity index (χ1n) is 5.64. The molecule has 1 aromatic carbocycles. The molecule has 0 radical (unpaired) electrons. The highest BCUT2D eigenvalue weighted by Gasteiger charge is 2.11. The molecule has 0 spiro atoms. The average Bonchev–Trinajstić information content (AvgIpc) is 2.38. The lowest BCUT2D eigenvalue weighted by atomic mass is 10.3. The molecule has 0 saturated heterocycles. The van der Waals surface area contributed by atoms with Crippen molar-refractivity contribution in [1.29, 1.82) is 0 Å². The zero-order chi connectivity index (χ0) is 13.0. The third kappa shape index (κ3) is 3.20. The van der Waals surface area contributed by atoms with E-state index < -0.39 is 0 Å². The predicted molar refractivity (Wildman–Crippen MR) is 71.5 cm³/mol. The maximum Gasteiger partial charge on any atom is 0.306 e. The number of benzene rings is 1. The number of hydrogen-bond donors (Lipinski definition) is 0. The molecule has 1 atom stereocenters. The van der Waals surface area contributed by atoms with E-state index in [1.54, 1.807) is 6.20 Å². The predicted octanol–water partition coefficient (Wildman–Crippen LogP) is 2.67. The molecule has 18 heavy (non-hydrogen) atoms. The maximum absolute atomic E-state index is 11.2. The second-order valence-electron chi connectivity index (χ2n) is 3.91. The number of nitrogens with zero attached hydrogens (tertiary/aromatic N) is 2. The van der Waals surface area contributed by atoms with Crippen LogP contribution in [0.15, 0.2) is 35.5 Å². The molecule has 2 aromatic rings. The van der Waals surface area contributed by atoms with E-state index in [4.69, 9.17) is 0 Å². The van der Waals surface area contributed by atoms with Gasteiger partial charge in [0.2, 0.25) is 0 Å². The van der Waals surface area contributed by atoms with Crippen LogP contribution in [0.3, 0.4) is 0 Å². The zero-order valence-corrected chi connectivity index (χ0v) is 11.1. The van der Waals surface area contributed by atoms with Crippen LogP contribution >= 0.6 is 11.8 Å². The van der Waals surface area contributed by atoms with Gasteiger partial charge in [-0.1, -0.05) is 19.1 Å². The monoisotopic (exact) mass is 262 g/mol. The lowest BCUT2D eigenvalue weighted by Crippen LogP contribution is -2.08. The molecule has 5 heteroatoms. The Balaban J connectivity index is 2.09. The van der Waals surface area contributed by atoms with E-state index in [-0.39, 0.29) is 11.2 Å². The Hall–Kier alpha value is -1.62. The molecular formula is C13H14N2O2S. The van der Waals surface area contributed by atoms with E-state index in [1.165, 1.54) is 18.9 Å². The Morgan fingerprint density at radius 1 is 1.39 bits per heavy atom. The summed E-state index contributed by atoms with van der Waals surface area (Å²) in [6.45, 7) is 1.97. The summed E-state index contributed by atoms with van der Waals surface area (Å²) >= 11 is 1.53. The summed E-state index contributed by atoms with van der Waals surface area (Å²) in [6.07, 6.45) is 2.11. The smallest absolute Gasteiger partial charge is 0.306 e. The lowest BCUT2D eigenvalue weighted by Gasteiger charge is -2.09. The van der Waals surface area contributed by atoms with Crippen LogP contribution in [-0.4, -0.2) is 28.3 Å². The number of fused-ring (bicyclic) bond motifs is 1. The standard InChI is InChI=1S/C13H14N2O2S/c1-9(7-13(16)17-2)18-12-8-14-10-5-3-4-6-11(10)15-12/h3-6,8-9H,7H2,1-2H3/t9-/m1/s1. The van der Waals surface area contributed by atoms with Gasteiger partial charge in [-0.05, 0) is 12.1 Å². The van der Waals surface area contributed by atoms with Crippen molar-refractivity contribution in [2.75, 3.05) is 7.11 Å². The highest BCUT2D eigenvalue weighted by molar-refractivity contribution is 7.99. The first kappa shape index (κ1) is 12.8. The molecule has 0 fully saturated rings. The van der Waals surface area contributed by atoms with Crippen molar-refractivity contribution < 1.29 is 9.53 Å². The molecule has 0 bridgehead atoms. The molecule has 1 heterocycles. The van der Waals surface area contributed by atoms with Crippen molar-refractivity contribution in [3.63, 3.8) is 0 Å². The van der Waals surface area contributed by atoms with Gasteiger partial charge in [0.25, 0.3) is 0 Å². The molecule has 0 N–H and O–H groups in total. The van der Waals surface area contributed by atoms with Crippen molar-refractivity contribution in [2.24, 2.45) is 0 Å². The first-order valence-corrected chi connectivity index (χ1v) is 6.52. The molecular weight excluding hydrogens is 248 g/mol. The minimum atomic E-state index is -0.205. The van der Waals surface area contributed by atoms with Gasteiger partial charge in [-0.3, -0.25) is 9.78 Å². The normalized spacial score (nSPS) is 12.3. The van der Waals surface area contributed by atoms with Gasteiger partial charge in [0, 0.05) is 5.25 Å². The number of aromatic nitrogens is 2. The summed E-state index contributed by atoms with van der Waals surface area (Å²) in [4.78, 5) is 20.0. The molecule has 0 aliphatic rings. The van der Waals surface area contributed by atoms with Gasteiger partial charge < -0.3 is 4.74 Å². The number of esters is 1.